The van der Waals surface area contributed by atoms with E-state index in [0.717, 1.165) is 36.9 Å². The molecule has 2 nitrogen and oxygen atoms in total. The van der Waals surface area contributed by atoms with Crippen molar-refractivity contribution in [2.75, 3.05) is 5.32 Å². The Hall–Kier alpha value is -1.09. The van der Waals surface area contributed by atoms with Crippen molar-refractivity contribution >= 4 is 5.69 Å². The fourth-order valence-corrected chi connectivity index (χ4v) is 2.27. The van der Waals surface area contributed by atoms with Crippen LogP contribution < -0.4 is 5.32 Å². The summed E-state index contributed by atoms with van der Waals surface area (Å²) in [6.45, 7) is 1.88. The summed E-state index contributed by atoms with van der Waals surface area (Å²) in [4.78, 5) is 0. The van der Waals surface area contributed by atoms with Crippen LogP contribution in [-0.4, -0.2) is 17.3 Å². The predicted octanol–water partition coefficient (Wildman–Crippen LogP) is 2.85. The molecular weight excluding hydrogens is 205 g/mol. The Morgan fingerprint density at radius 3 is 2.75 bits per heavy atom. The first kappa shape index (κ1) is 11.4. The molecule has 0 heterocycles. The average Bonchev–Trinajstić information content (AvgIpc) is 2.25. The van der Waals surface area contributed by atoms with E-state index < -0.39 is 0 Å². The van der Waals surface area contributed by atoms with Crippen molar-refractivity contribution in [2.45, 2.75) is 44.8 Å². The molecule has 16 heavy (non-hydrogen) atoms. The molecule has 2 atom stereocenters. The lowest BCUT2D eigenvalue weighted by Gasteiger charge is -2.29. The summed E-state index contributed by atoms with van der Waals surface area (Å²) < 4.78 is 12.9. The molecule has 0 unspecified atom stereocenters. The van der Waals surface area contributed by atoms with E-state index in [2.05, 4.69) is 5.32 Å². The first-order valence-corrected chi connectivity index (χ1v) is 5.87. The zero-order valence-electron chi connectivity index (χ0n) is 9.54. The molecule has 1 fully saturated rings. The standard InChI is InChI=1S/C13H18FNO/c1-9-8-10(14)6-7-11(9)15-12-4-2-3-5-13(12)16/h6-8,12-13,15-16H,2-5H2,1H3/t12-,13-/m0/s1. The minimum absolute atomic E-state index is 0.109. The zero-order valence-corrected chi connectivity index (χ0v) is 9.54. The fraction of sp³-hybridized carbons (Fsp3) is 0.538. The Morgan fingerprint density at radius 1 is 1.31 bits per heavy atom. The highest BCUT2D eigenvalue weighted by atomic mass is 19.1. The molecule has 1 aliphatic rings. The van der Waals surface area contributed by atoms with Gasteiger partial charge in [0, 0.05) is 5.69 Å². The largest absolute Gasteiger partial charge is 0.391 e. The normalized spacial score (nSPS) is 25.4. The van der Waals surface area contributed by atoms with Crippen molar-refractivity contribution in [3.05, 3.63) is 29.6 Å². The molecular formula is C13H18FNO. The summed E-state index contributed by atoms with van der Waals surface area (Å²) in [6.07, 6.45) is 3.81. The van der Waals surface area contributed by atoms with Gasteiger partial charge in [-0.05, 0) is 43.5 Å². The highest BCUT2D eigenvalue weighted by Gasteiger charge is 2.22. The number of aliphatic hydroxyl groups is 1. The average molecular weight is 223 g/mol. The van der Waals surface area contributed by atoms with Gasteiger partial charge in [0.05, 0.1) is 12.1 Å². The van der Waals surface area contributed by atoms with Gasteiger partial charge in [-0.2, -0.15) is 0 Å². The van der Waals surface area contributed by atoms with E-state index in [9.17, 15) is 9.50 Å². The Labute approximate surface area is 95.5 Å². The quantitative estimate of drug-likeness (QED) is 0.808. The molecule has 2 rings (SSSR count). The second kappa shape index (κ2) is 4.83. The summed E-state index contributed by atoms with van der Waals surface area (Å²) in [5, 5.41) is 13.1. The third-order valence-electron chi connectivity index (χ3n) is 3.26. The smallest absolute Gasteiger partial charge is 0.123 e. The van der Waals surface area contributed by atoms with Gasteiger partial charge in [-0.1, -0.05) is 12.8 Å². The van der Waals surface area contributed by atoms with Crippen molar-refractivity contribution in [1.82, 2.24) is 0 Å². The molecule has 0 spiro atoms. The lowest BCUT2D eigenvalue weighted by Crippen LogP contribution is -2.36. The van der Waals surface area contributed by atoms with Gasteiger partial charge in [-0.25, -0.2) is 4.39 Å². The number of anilines is 1. The van der Waals surface area contributed by atoms with Crippen LogP contribution in [0.5, 0.6) is 0 Å². The minimum Gasteiger partial charge on any atom is -0.391 e. The Bertz CT molecular complexity index is 367. The minimum atomic E-state index is -0.279. The molecule has 0 aromatic heterocycles. The number of nitrogens with one attached hydrogen (secondary N) is 1. The second-order valence-corrected chi connectivity index (χ2v) is 4.56. The second-order valence-electron chi connectivity index (χ2n) is 4.56. The predicted molar refractivity (Wildman–Crippen MR) is 63.0 cm³/mol. The number of hydrogen-bond acceptors (Lipinski definition) is 2. The molecule has 1 aliphatic carbocycles. The van der Waals surface area contributed by atoms with Gasteiger partial charge >= 0.3 is 0 Å². The first-order valence-electron chi connectivity index (χ1n) is 5.87. The molecule has 3 heteroatoms. The van der Waals surface area contributed by atoms with Gasteiger partial charge in [-0.3, -0.25) is 0 Å². The summed E-state index contributed by atoms with van der Waals surface area (Å²) in [7, 11) is 0. The zero-order chi connectivity index (χ0) is 11.5. The van der Waals surface area contributed by atoms with Crippen molar-refractivity contribution in [2.24, 2.45) is 0 Å². The van der Waals surface area contributed by atoms with Gasteiger partial charge in [0.15, 0.2) is 0 Å². The highest BCUT2D eigenvalue weighted by Crippen LogP contribution is 2.24. The van der Waals surface area contributed by atoms with Gasteiger partial charge in [0.25, 0.3) is 0 Å². The van der Waals surface area contributed by atoms with Crippen LogP contribution in [0.25, 0.3) is 0 Å². The van der Waals surface area contributed by atoms with Crippen LogP contribution in [0.1, 0.15) is 31.2 Å². The number of benzene rings is 1. The molecule has 2 N–H and O–H groups in total. The monoisotopic (exact) mass is 223 g/mol. The van der Waals surface area contributed by atoms with Gasteiger partial charge in [-0.15, -0.1) is 0 Å². The van der Waals surface area contributed by atoms with E-state index in [1.165, 1.54) is 12.1 Å². The fourth-order valence-electron chi connectivity index (χ4n) is 2.27. The van der Waals surface area contributed by atoms with E-state index in [0.29, 0.717) is 0 Å². The highest BCUT2D eigenvalue weighted by molar-refractivity contribution is 5.51. The molecule has 0 aliphatic heterocycles. The molecule has 1 aromatic carbocycles. The Morgan fingerprint density at radius 2 is 2.06 bits per heavy atom. The molecule has 1 aromatic rings. The van der Waals surface area contributed by atoms with Crippen LogP contribution in [0.15, 0.2) is 18.2 Å². The number of rotatable bonds is 2. The molecule has 0 saturated heterocycles. The maximum Gasteiger partial charge on any atom is 0.123 e. The number of hydrogen-bond donors (Lipinski definition) is 2. The molecule has 88 valence electrons. The maximum atomic E-state index is 12.9. The number of aliphatic hydroxyl groups excluding tert-OH is 1. The third kappa shape index (κ3) is 2.53. The first-order chi connectivity index (χ1) is 7.66. The van der Waals surface area contributed by atoms with Gasteiger partial charge in [0.1, 0.15) is 5.82 Å². The lowest BCUT2D eigenvalue weighted by molar-refractivity contribution is 0.116. The van der Waals surface area contributed by atoms with E-state index >= 15 is 0 Å². The number of aryl methyl sites for hydroxylation is 1. The van der Waals surface area contributed by atoms with Crippen molar-refractivity contribution in [1.29, 1.82) is 0 Å². The van der Waals surface area contributed by atoms with Gasteiger partial charge in [0.2, 0.25) is 0 Å². The van der Waals surface area contributed by atoms with Gasteiger partial charge < -0.3 is 10.4 Å². The van der Waals surface area contributed by atoms with E-state index in [1.54, 1.807) is 6.07 Å². The van der Waals surface area contributed by atoms with Crippen molar-refractivity contribution < 1.29 is 9.50 Å². The van der Waals surface area contributed by atoms with Crippen LogP contribution in [0.2, 0.25) is 0 Å². The molecule has 0 amide bonds. The van der Waals surface area contributed by atoms with Crippen LogP contribution in [0.4, 0.5) is 10.1 Å². The summed E-state index contributed by atoms with van der Waals surface area (Å²) in [5.41, 5.74) is 1.81. The Balaban J connectivity index is 2.07. The van der Waals surface area contributed by atoms with Crippen molar-refractivity contribution in [3.8, 4) is 0 Å². The maximum absolute atomic E-state index is 12.9. The van der Waals surface area contributed by atoms with E-state index in [4.69, 9.17) is 0 Å². The summed E-state index contributed by atoms with van der Waals surface area (Å²) in [5.74, 6) is -0.216. The van der Waals surface area contributed by atoms with Crippen LogP contribution in [0, 0.1) is 12.7 Å². The molecule has 1 saturated carbocycles. The third-order valence-corrected chi connectivity index (χ3v) is 3.26. The molecule has 0 bridgehead atoms. The lowest BCUT2D eigenvalue weighted by atomic mass is 9.92. The van der Waals surface area contributed by atoms with E-state index in [-0.39, 0.29) is 18.0 Å². The summed E-state index contributed by atoms with van der Waals surface area (Å²) in [6, 6.07) is 4.81. The summed E-state index contributed by atoms with van der Waals surface area (Å²) >= 11 is 0. The van der Waals surface area contributed by atoms with E-state index in [1.807, 2.05) is 6.92 Å². The van der Waals surface area contributed by atoms with Crippen LogP contribution in [-0.2, 0) is 0 Å². The molecule has 0 radical (unpaired) electrons. The SMILES string of the molecule is Cc1cc(F)ccc1N[C@H]1CCCC[C@@H]1O. The van der Waals surface area contributed by atoms with Crippen LogP contribution in [0.3, 0.4) is 0 Å². The van der Waals surface area contributed by atoms with Crippen LogP contribution >= 0.6 is 0 Å². The topological polar surface area (TPSA) is 32.3 Å². The number of halogens is 1. The Kier molecular flexibility index (Phi) is 3.44. The van der Waals surface area contributed by atoms with Crippen molar-refractivity contribution in [3.63, 3.8) is 0 Å².